The topological polar surface area (TPSA) is 16.8 Å². The molecule has 1 aromatic heterocycles. The minimum atomic E-state index is -6.13. The molecule has 5 aromatic carbocycles. The van der Waals surface area contributed by atoms with Gasteiger partial charge in [-0.25, -0.2) is 0 Å². The third-order valence-electron chi connectivity index (χ3n) is 10.6. The van der Waals surface area contributed by atoms with Crippen molar-refractivity contribution >= 4 is 28.0 Å². The van der Waals surface area contributed by atoms with Crippen LogP contribution in [-0.4, -0.2) is 11.1 Å². The zero-order valence-corrected chi connectivity index (χ0v) is 34.8. The molecule has 27 heteroatoms. The fourth-order valence-electron chi connectivity index (χ4n) is 7.43. The van der Waals surface area contributed by atoms with Gasteiger partial charge < -0.3 is 0 Å². The van der Waals surface area contributed by atoms with Gasteiger partial charge in [0.05, 0.1) is 56.9 Å². The van der Waals surface area contributed by atoms with Gasteiger partial charge in [-0.1, -0.05) is 78.4 Å². The monoisotopic (exact) mass is 1050 g/mol. The van der Waals surface area contributed by atoms with Crippen LogP contribution in [0.25, 0.3) is 0 Å². The molecule has 0 radical (unpaired) electrons. The number of hydrogen-bond acceptors (Lipinski definition) is 1. The molecule has 0 N–H and O–H groups in total. The molecule has 0 aliphatic rings. The molecule has 6 rings (SSSR count). The van der Waals surface area contributed by atoms with Crippen LogP contribution in [0.5, 0.6) is 0 Å². The van der Waals surface area contributed by atoms with Gasteiger partial charge in [-0.3, -0.25) is 4.98 Å². The normalized spacial score (nSPS) is 13.5. The third-order valence-corrected chi connectivity index (χ3v) is 10.6. The summed E-state index contributed by atoms with van der Waals surface area (Å²) in [5.41, 5.74) is -27.6. The number of alkyl halides is 24. The lowest BCUT2D eigenvalue weighted by Crippen LogP contribution is -2.75. The van der Waals surface area contributed by atoms with Crippen molar-refractivity contribution in [2.24, 2.45) is 0 Å². The Kier molecular flexibility index (Phi) is 14.8. The molecule has 0 atom stereocenters. The van der Waals surface area contributed by atoms with Crippen LogP contribution in [0.15, 0.2) is 122 Å². The van der Waals surface area contributed by atoms with Gasteiger partial charge in [0.1, 0.15) is 6.15 Å². The first kappa shape index (κ1) is 55.5. The van der Waals surface area contributed by atoms with E-state index in [1.807, 2.05) is 12.4 Å². The van der Waals surface area contributed by atoms with E-state index >= 15 is 0 Å². The van der Waals surface area contributed by atoms with Crippen LogP contribution in [0.3, 0.4) is 0 Å². The molecule has 382 valence electrons. The summed E-state index contributed by atoms with van der Waals surface area (Å²) in [6.07, 6.45) is -47.3. The van der Waals surface area contributed by atoms with Crippen LogP contribution < -0.4 is 26.4 Å². The molecule has 0 saturated carbocycles. The van der Waals surface area contributed by atoms with E-state index in [-0.39, 0.29) is 0 Å². The van der Waals surface area contributed by atoms with Crippen molar-refractivity contribution in [2.45, 2.75) is 62.9 Å². The minimum absolute atomic E-state index is 0.691. The van der Waals surface area contributed by atoms with Gasteiger partial charge in [-0.2, -0.15) is 132 Å². The second-order valence-corrected chi connectivity index (χ2v) is 15.6. The molecular weight excluding hydrogens is 1020 g/mol. The molecule has 2 nitrogen and oxygen atoms in total. The predicted molar refractivity (Wildman–Crippen MR) is 205 cm³/mol. The Morgan fingerprint density at radius 2 is 0.549 bits per heavy atom. The molecule has 0 bridgehead atoms. The van der Waals surface area contributed by atoms with Gasteiger partial charge in [-0.05, 0) is 31.2 Å². The second kappa shape index (κ2) is 19.0. The molecule has 0 unspecified atom stereocenters. The molecule has 0 aliphatic carbocycles. The summed E-state index contributed by atoms with van der Waals surface area (Å²) in [5.74, 6) is 0. The van der Waals surface area contributed by atoms with Gasteiger partial charge in [0.25, 0.3) is 0 Å². The summed E-state index contributed by atoms with van der Waals surface area (Å²) in [6.45, 7) is 3.01. The van der Waals surface area contributed by atoms with Gasteiger partial charge >= 0.3 is 49.4 Å². The summed E-state index contributed by atoms with van der Waals surface area (Å²) in [4.78, 5) is 3.98. The van der Waals surface area contributed by atoms with Crippen molar-refractivity contribution in [2.75, 3.05) is 0 Å². The summed E-state index contributed by atoms with van der Waals surface area (Å²) >= 11 is 0. The highest BCUT2D eigenvalue weighted by atomic mass is 19.4. The summed E-state index contributed by atoms with van der Waals surface area (Å²) in [6, 6.07) is -0.227. The number of aryl methyl sites for hydroxylation is 1. The second-order valence-electron chi connectivity index (χ2n) is 15.6. The van der Waals surface area contributed by atoms with Crippen LogP contribution >= 0.6 is 0 Å². The van der Waals surface area contributed by atoms with Crippen LogP contribution in [0.4, 0.5) is 105 Å². The van der Waals surface area contributed by atoms with E-state index in [2.05, 4.69) is 40.7 Å². The Morgan fingerprint density at radius 1 is 0.338 bits per heavy atom. The van der Waals surface area contributed by atoms with E-state index in [0.717, 1.165) is 6.54 Å². The van der Waals surface area contributed by atoms with Crippen LogP contribution in [-0.2, 0) is 56.0 Å². The molecule has 0 amide bonds. The summed E-state index contributed by atoms with van der Waals surface area (Å²) in [7, 11) is 0. The van der Waals surface area contributed by atoms with Crippen molar-refractivity contribution in [1.82, 2.24) is 4.98 Å². The first-order valence-corrected chi connectivity index (χ1v) is 19.3. The first-order valence-electron chi connectivity index (χ1n) is 19.3. The molecule has 0 fully saturated rings. The Labute approximate surface area is 383 Å². The average molecular weight is 1050 g/mol. The van der Waals surface area contributed by atoms with E-state index in [1.54, 1.807) is 12.4 Å². The minimum Gasteiger partial charge on any atom is -0.252 e. The Balaban J connectivity index is 0.000000569. The Morgan fingerprint density at radius 3 is 0.746 bits per heavy atom. The zero-order valence-electron chi connectivity index (χ0n) is 34.8. The average Bonchev–Trinajstić information content (AvgIpc) is 3.22. The summed E-state index contributed by atoms with van der Waals surface area (Å²) < 4.78 is 343. The van der Waals surface area contributed by atoms with Crippen LogP contribution in [0.2, 0.25) is 0 Å². The van der Waals surface area contributed by atoms with Crippen molar-refractivity contribution < 1.29 is 110 Å². The lowest BCUT2D eigenvalue weighted by molar-refractivity contribution is -0.688. The maximum atomic E-state index is 14.2. The van der Waals surface area contributed by atoms with E-state index in [4.69, 9.17) is 0 Å². The quantitative estimate of drug-likeness (QED) is 0.0923. The van der Waals surface area contributed by atoms with E-state index in [1.165, 1.54) is 11.1 Å². The SMILES string of the molecule is Cc1ccc(C[n+]2ccncc2)cc1.FC(F)(F)c1cc([B-](c2cc(C(F)(F)F)cc(C(F)(F)F)c2)(c2cc(C(F)(F)F)cc(C(F)(F)F)c2)c2cc(C(F)(F)F)cc(C(F)(F)F)c2)cc(C(F)(F)F)c1. The zero-order chi connectivity index (χ0) is 53.7. The van der Waals surface area contributed by atoms with E-state index in [9.17, 15) is 105 Å². The van der Waals surface area contributed by atoms with Gasteiger partial charge in [0.2, 0.25) is 0 Å². The van der Waals surface area contributed by atoms with Crippen molar-refractivity contribution in [3.63, 3.8) is 0 Å². The maximum Gasteiger partial charge on any atom is 0.416 e. The van der Waals surface area contributed by atoms with Gasteiger partial charge in [0.15, 0.2) is 18.9 Å². The van der Waals surface area contributed by atoms with Crippen molar-refractivity contribution in [3.8, 4) is 0 Å². The molecule has 0 saturated heterocycles. The standard InChI is InChI=1S/C32H12BF24.C12H13N2/c34-25(35,36)13-1-14(26(37,38)39)6-21(5-13)33(22-7-15(27(40,41)42)2-16(8-22)28(43,44)45,23-9-17(29(46,47)48)3-18(10-23)30(49,50)51)24-11-19(31(52,53)54)4-20(12-24)32(55,56)57;1-11-2-4-12(5-3-11)10-14-8-6-13-7-9-14/h1-12H;2-9H,10H2,1H3/q-1;+1. The lowest BCUT2D eigenvalue weighted by atomic mass is 9.12. The number of aromatic nitrogens is 2. The van der Waals surface area contributed by atoms with Crippen LogP contribution in [0.1, 0.15) is 55.6 Å². The van der Waals surface area contributed by atoms with E-state index < -0.39 is 195 Å². The molecular formula is C44H25BF24N2. The number of rotatable bonds is 6. The molecule has 71 heavy (non-hydrogen) atoms. The molecule has 0 spiro atoms. The fraction of sp³-hybridized carbons (Fsp3) is 0.227. The maximum absolute atomic E-state index is 14.2. The number of benzene rings is 5. The number of hydrogen-bond donors (Lipinski definition) is 0. The molecule has 6 aromatic rings. The fourth-order valence-corrected chi connectivity index (χ4v) is 7.43. The highest BCUT2D eigenvalue weighted by Gasteiger charge is 2.47. The lowest BCUT2D eigenvalue weighted by Gasteiger charge is -2.46. The Bertz CT molecular complexity index is 2390. The molecule has 0 aliphatic heterocycles. The highest BCUT2D eigenvalue weighted by Crippen LogP contribution is 2.41. The van der Waals surface area contributed by atoms with Gasteiger partial charge in [-0.15, -0.1) is 0 Å². The van der Waals surface area contributed by atoms with Gasteiger partial charge in [0, 0.05) is 5.56 Å². The first-order chi connectivity index (χ1) is 32.1. The van der Waals surface area contributed by atoms with Crippen molar-refractivity contribution in [1.29, 1.82) is 0 Å². The smallest absolute Gasteiger partial charge is 0.252 e. The van der Waals surface area contributed by atoms with E-state index in [0.29, 0.717) is 0 Å². The highest BCUT2D eigenvalue weighted by molar-refractivity contribution is 7.20. The predicted octanol–water partition coefficient (Wildman–Crippen LogP) is 12.9. The molecule has 1 heterocycles. The number of halogens is 24. The third kappa shape index (κ3) is 13.1. The Hall–Kier alpha value is -6.44. The number of nitrogens with zero attached hydrogens (tertiary/aromatic N) is 2. The largest absolute Gasteiger partial charge is 0.416 e. The summed E-state index contributed by atoms with van der Waals surface area (Å²) in [5, 5.41) is 0. The van der Waals surface area contributed by atoms with Crippen molar-refractivity contribution in [3.05, 3.63) is 177 Å². The van der Waals surface area contributed by atoms with Crippen LogP contribution in [0, 0.1) is 6.92 Å².